The van der Waals surface area contributed by atoms with Crippen molar-refractivity contribution in [3.63, 3.8) is 0 Å². The minimum atomic E-state index is -0.865. The highest BCUT2D eigenvalue weighted by atomic mass is 16.4. The van der Waals surface area contributed by atoms with Gasteiger partial charge in [-0.05, 0) is 31.2 Å². The smallest absolute Gasteiger partial charge is 0.308 e. The van der Waals surface area contributed by atoms with Gasteiger partial charge in [-0.1, -0.05) is 36.8 Å². The maximum Gasteiger partial charge on any atom is 0.308 e. The molecule has 2 rings (SSSR count). The molecule has 0 heterocycles. The molecule has 0 aliphatic heterocycles. The molecule has 0 aromatic heterocycles. The van der Waals surface area contributed by atoms with Crippen molar-refractivity contribution < 1.29 is 14.7 Å². The van der Waals surface area contributed by atoms with Crippen LogP contribution in [0.25, 0.3) is 0 Å². The quantitative estimate of drug-likeness (QED) is 0.834. The van der Waals surface area contributed by atoms with Crippen LogP contribution in [0.5, 0.6) is 0 Å². The molecule has 20 heavy (non-hydrogen) atoms. The first-order valence-corrected chi connectivity index (χ1v) is 7.03. The molecule has 3 unspecified atom stereocenters. The van der Waals surface area contributed by atoms with E-state index in [2.05, 4.69) is 5.32 Å². The third kappa shape index (κ3) is 3.83. The monoisotopic (exact) mass is 275 g/mol. The van der Waals surface area contributed by atoms with Crippen molar-refractivity contribution >= 4 is 11.9 Å². The van der Waals surface area contributed by atoms with Crippen molar-refractivity contribution in [2.45, 2.75) is 26.7 Å². The lowest BCUT2D eigenvalue weighted by Crippen LogP contribution is -2.35. The number of aryl methyl sites for hydroxylation is 1. The summed E-state index contributed by atoms with van der Waals surface area (Å²) in [4.78, 5) is 23.0. The molecule has 1 fully saturated rings. The lowest BCUT2D eigenvalue weighted by Gasteiger charge is -2.14. The molecule has 1 amide bonds. The van der Waals surface area contributed by atoms with E-state index >= 15 is 0 Å². The Bertz CT molecular complexity index is 512. The summed E-state index contributed by atoms with van der Waals surface area (Å²) in [6.07, 6.45) is 1.36. The molecule has 1 aliphatic carbocycles. The van der Waals surface area contributed by atoms with E-state index in [0.29, 0.717) is 12.3 Å². The van der Waals surface area contributed by atoms with Crippen LogP contribution in [0, 0.1) is 24.7 Å². The van der Waals surface area contributed by atoms with Crippen LogP contribution in [0.4, 0.5) is 0 Å². The minimum Gasteiger partial charge on any atom is -0.481 e. The molecule has 0 bridgehead atoms. The first-order chi connectivity index (χ1) is 9.47. The van der Waals surface area contributed by atoms with Crippen LogP contribution in [-0.4, -0.2) is 23.5 Å². The molecule has 0 saturated heterocycles. The maximum atomic E-state index is 11.7. The van der Waals surface area contributed by atoms with Crippen molar-refractivity contribution in [2.24, 2.45) is 17.8 Å². The highest BCUT2D eigenvalue weighted by Gasteiger charge is 2.39. The van der Waals surface area contributed by atoms with Gasteiger partial charge in [-0.25, -0.2) is 0 Å². The van der Waals surface area contributed by atoms with Gasteiger partial charge < -0.3 is 10.4 Å². The van der Waals surface area contributed by atoms with Crippen LogP contribution < -0.4 is 5.32 Å². The summed E-state index contributed by atoms with van der Waals surface area (Å²) in [7, 11) is 0. The molecule has 0 radical (unpaired) electrons. The van der Waals surface area contributed by atoms with E-state index in [-0.39, 0.29) is 18.4 Å². The van der Waals surface area contributed by atoms with E-state index in [4.69, 9.17) is 0 Å². The average molecular weight is 275 g/mol. The Labute approximate surface area is 119 Å². The summed E-state index contributed by atoms with van der Waals surface area (Å²) in [5.41, 5.74) is 2.11. The van der Waals surface area contributed by atoms with E-state index in [1.165, 1.54) is 0 Å². The molecule has 108 valence electrons. The number of hydrogen-bond donors (Lipinski definition) is 2. The fraction of sp³-hybridized carbons (Fsp3) is 0.500. The Morgan fingerprint density at radius 1 is 1.45 bits per heavy atom. The zero-order valence-electron chi connectivity index (χ0n) is 11.9. The fourth-order valence-electron chi connectivity index (χ4n) is 2.41. The number of amides is 1. The maximum absolute atomic E-state index is 11.7. The normalized spacial score (nSPS) is 22.1. The number of carbonyl (C=O) groups is 2. The van der Waals surface area contributed by atoms with Gasteiger partial charge in [0.15, 0.2) is 0 Å². The lowest BCUT2D eigenvalue weighted by atomic mass is 9.98. The van der Waals surface area contributed by atoms with Crippen molar-refractivity contribution in [1.29, 1.82) is 0 Å². The highest BCUT2D eigenvalue weighted by molar-refractivity contribution is 5.82. The SMILES string of the molecule is Cc1cccc(CC(CNC(=O)C2CC2C)C(=O)O)c1. The predicted octanol–water partition coefficient (Wildman–Crippen LogP) is 2.01. The van der Waals surface area contributed by atoms with E-state index in [1.54, 1.807) is 0 Å². The Kier molecular flexibility index (Phi) is 4.42. The molecular formula is C16H21NO3. The van der Waals surface area contributed by atoms with Gasteiger partial charge in [-0.3, -0.25) is 9.59 Å². The van der Waals surface area contributed by atoms with Crippen LogP contribution in [0.2, 0.25) is 0 Å². The molecule has 3 atom stereocenters. The Hall–Kier alpha value is -1.84. The van der Waals surface area contributed by atoms with Gasteiger partial charge >= 0.3 is 5.97 Å². The Balaban J connectivity index is 1.90. The molecule has 1 saturated carbocycles. The van der Waals surface area contributed by atoms with Crippen LogP contribution in [0.15, 0.2) is 24.3 Å². The summed E-state index contributed by atoms with van der Waals surface area (Å²) < 4.78 is 0. The van der Waals surface area contributed by atoms with Gasteiger partial charge in [0.25, 0.3) is 0 Å². The third-order valence-electron chi connectivity index (χ3n) is 3.88. The second kappa shape index (κ2) is 6.07. The average Bonchev–Trinajstić information content (AvgIpc) is 3.11. The second-order valence-corrected chi connectivity index (χ2v) is 5.79. The highest BCUT2D eigenvalue weighted by Crippen LogP contribution is 2.37. The molecule has 1 aromatic carbocycles. The number of rotatable bonds is 6. The number of benzene rings is 1. The van der Waals surface area contributed by atoms with Crippen molar-refractivity contribution in [2.75, 3.05) is 6.54 Å². The molecule has 4 nitrogen and oxygen atoms in total. The summed E-state index contributed by atoms with van der Waals surface area (Å²) >= 11 is 0. The third-order valence-corrected chi connectivity index (χ3v) is 3.88. The standard InChI is InChI=1S/C16H21NO3/c1-10-4-3-5-12(6-10)8-13(16(19)20)9-17-15(18)14-7-11(14)2/h3-6,11,13-14H,7-9H2,1-2H3,(H,17,18)(H,19,20). The van der Waals surface area contributed by atoms with Gasteiger partial charge in [0.2, 0.25) is 5.91 Å². The van der Waals surface area contributed by atoms with Gasteiger partial charge in [0.05, 0.1) is 5.92 Å². The van der Waals surface area contributed by atoms with E-state index in [0.717, 1.165) is 17.5 Å². The molecule has 0 spiro atoms. The predicted molar refractivity (Wildman–Crippen MR) is 76.3 cm³/mol. The number of nitrogens with one attached hydrogen (secondary N) is 1. The summed E-state index contributed by atoms with van der Waals surface area (Å²) in [5, 5.41) is 12.0. The molecular weight excluding hydrogens is 254 g/mol. The van der Waals surface area contributed by atoms with Crippen LogP contribution in [-0.2, 0) is 16.0 Å². The van der Waals surface area contributed by atoms with Gasteiger partial charge in [0.1, 0.15) is 0 Å². The molecule has 2 N–H and O–H groups in total. The topological polar surface area (TPSA) is 66.4 Å². The van der Waals surface area contributed by atoms with Gasteiger partial charge in [-0.2, -0.15) is 0 Å². The lowest BCUT2D eigenvalue weighted by molar-refractivity contribution is -0.141. The van der Waals surface area contributed by atoms with Gasteiger partial charge in [-0.15, -0.1) is 0 Å². The number of aliphatic carboxylic acids is 1. The van der Waals surface area contributed by atoms with E-state index in [9.17, 15) is 14.7 Å². The number of carboxylic acids is 1. The van der Waals surface area contributed by atoms with E-state index in [1.807, 2.05) is 38.1 Å². The second-order valence-electron chi connectivity index (χ2n) is 5.79. The molecule has 1 aliphatic rings. The molecule has 4 heteroatoms. The van der Waals surface area contributed by atoms with Crippen molar-refractivity contribution in [1.82, 2.24) is 5.32 Å². The first kappa shape index (κ1) is 14.6. The zero-order valence-corrected chi connectivity index (χ0v) is 11.9. The summed E-state index contributed by atoms with van der Waals surface area (Å²) in [6.45, 7) is 4.21. The number of hydrogen-bond acceptors (Lipinski definition) is 2. The van der Waals surface area contributed by atoms with Crippen molar-refractivity contribution in [3.05, 3.63) is 35.4 Å². The molecule has 1 aromatic rings. The minimum absolute atomic E-state index is 0.00649. The summed E-state index contributed by atoms with van der Waals surface area (Å²) in [5.74, 6) is -0.920. The summed E-state index contributed by atoms with van der Waals surface area (Å²) in [6, 6.07) is 7.82. The Morgan fingerprint density at radius 2 is 2.15 bits per heavy atom. The van der Waals surface area contributed by atoms with E-state index < -0.39 is 11.9 Å². The van der Waals surface area contributed by atoms with Crippen LogP contribution >= 0.6 is 0 Å². The Morgan fingerprint density at radius 3 is 2.70 bits per heavy atom. The number of carboxylic acid groups (broad SMARTS) is 1. The first-order valence-electron chi connectivity index (χ1n) is 7.03. The zero-order chi connectivity index (χ0) is 14.7. The number of carbonyl (C=O) groups excluding carboxylic acids is 1. The van der Waals surface area contributed by atoms with Crippen molar-refractivity contribution in [3.8, 4) is 0 Å². The fourth-order valence-corrected chi connectivity index (χ4v) is 2.41. The largest absolute Gasteiger partial charge is 0.481 e. The van der Waals surface area contributed by atoms with Crippen LogP contribution in [0.1, 0.15) is 24.5 Å². The van der Waals surface area contributed by atoms with Gasteiger partial charge in [0, 0.05) is 12.5 Å². The van der Waals surface area contributed by atoms with Crippen LogP contribution in [0.3, 0.4) is 0 Å².